The topological polar surface area (TPSA) is 41.3 Å². The molecule has 104 valence electrons. The Bertz CT molecular complexity index is 426. The molecule has 19 heavy (non-hydrogen) atoms. The summed E-state index contributed by atoms with van der Waals surface area (Å²) in [7, 11) is 0. The van der Waals surface area contributed by atoms with Crippen LogP contribution in [0.25, 0.3) is 0 Å². The van der Waals surface area contributed by atoms with E-state index < -0.39 is 0 Å². The van der Waals surface area contributed by atoms with Crippen LogP contribution < -0.4 is 11.1 Å². The van der Waals surface area contributed by atoms with Gasteiger partial charge in [-0.15, -0.1) is 0 Å². The molecule has 1 heterocycles. The molecule has 1 saturated heterocycles. The first-order chi connectivity index (χ1) is 9.24. The number of hydrogen-bond donors (Lipinski definition) is 2. The number of hydrogen-bond acceptors (Lipinski definition) is 3. The maximum Gasteiger partial charge on any atom is 0.0344 e. The fourth-order valence-corrected chi connectivity index (χ4v) is 3.58. The van der Waals surface area contributed by atoms with Gasteiger partial charge < -0.3 is 16.0 Å². The number of nitrogens with zero attached hydrogens (tertiary/aromatic N) is 1. The van der Waals surface area contributed by atoms with Crippen molar-refractivity contribution in [2.75, 3.05) is 19.6 Å². The van der Waals surface area contributed by atoms with Crippen LogP contribution in [0.5, 0.6) is 0 Å². The standard InChI is InChI=1S/C16H25N3/c1-12(11-19-8-4-5-9-19)18-16-10-15(17)13-6-2-3-7-14(13)16/h2-3,6-7,12,15-16,18H,4-5,8-11,17H2,1H3. The van der Waals surface area contributed by atoms with E-state index in [0.717, 1.165) is 13.0 Å². The summed E-state index contributed by atoms with van der Waals surface area (Å²) in [5.74, 6) is 0. The monoisotopic (exact) mass is 259 g/mol. The minimum Gasteiger partial charge on any atom is -0.324 e. The second-order valence-corrected chi connectivity index (χ2v) is 6.10. The first-order valence-corrected chi connectivity index (χ1v) is 7.57. The van der Waals surface area contributed by atoms with E-state index in [1.807, 2.05) is 0 Å². The molecule has 3 N–H and O–H groups in total. The molecule has 0 bridgehead atoms. The van der Waals surface area contributed by atoms with Crippen LogP contribution in [0.2, 0.25) is 0 Å². The van der Waals surface area contributed by atoms with E-state index in [0.29, 0.717) is 12.1 Å². The minimum atomic E-state index is 0.202. The van der Waals surface area contributed by atoms with Crippen molar-refractivity contribution in [2.24, 2.45) is 5.73 Å². The maximum atomic E-state index is 6.23. The zero-order valence-corrected chi connectivity index (χ0v) is 11.8. The lowest BCUT2D eigenvalue weighted by Crippen LogP contribution is -2.39. The normalized spacial score (nSPS) is 28.5. The highest BCUT2D eigenvalue weighted by Crippen LogP contribution is 2.37. The molecule has 1 fully saturated rings. The minimum absolute atomic E-state index is 0.202. The lowest BCUT2D eigenvalue weighted by molar-refractivity contribution is 0.284. The summed E-state index contributed by atoms with van der Waals surface area (Å²) in [6.07, 6.45) is 3.76. The molecular weight excluding hydrogens is 234 g/mol. The van der Waals surface area contributed by atoms with Gasteiger partial charge in [0.1, 0.15) is 0 Å². The first kappa shape index (κ1) is 13.1. The molecule has 0 amide bonds. The molecule has 0 saturated carbocycles. The summed E-state index contributed by atoms with van der Waals surface area (Å²) in [6.45, 7) is 6.00. The predicted octanol–water partition coefficient (Wildman–Crippen LogP) is 2.21. The molecule has 0 radical (unpaired) electrons. The van der Waals surface area contributed by atoms with Crippen molar-refractivity contribution in [1.82, 2.24) is 10.2 Å². The van der Waals surface area contributed by atoms with Crippen LogP contribution in [0.3, 0.4) is 0 Å². The third-order valence-corrected chi connectivity index (χ3v) is 4.48. The van der Waals surface area contributed by atoms with Crippen molar-refractivity contribution >= 4 is 0 Å². The number of likely N-dealkylation sites (tertiary alicyclic amines) is 1. The second kappa shape index (κ2) is 5.61. The molecule has 1 aliphatic carbocycles. The van der Waals surface area contributed by atoms with Gasteiger partial charge in [-0.05, 0) is 50.4 Å². The second-order valence-electron chi connectivity index (χ2n) is 6.10. The molecular formula is C16H25N3. The van der Waals surface area contributed by atoms with E-state index in [4.69, 9.17) is 5.73 Å². The van der Waals surface area contributed by atoms with Crippen molar-refractivity contribution in [3.8, 4) is 0 Å². The van der Waals surface area contributed by atoms with Gasteiger partial charge in [-0.2, -0.15) is 0 Å². The molecule has 3 atom stereocenters. The summed E-state index contributed by atoms with van der Waals surface area (Å²) >= 11 is 0. The molecule has 0 aromatic heterocycles. The lowest BCUT2D eigenvalue weighted by atomic mass is 10.1. The molecule has 1 aromatic carbocycles. The maximum absolute atomic E-state index is 6.23. The van der Waals surface area contributed by atoms with Crippen LogP contribution in [-0.2, 0) is 0 Å². The van der Waals surface area contributed by atoms with Crippen LogP contribution in [0.15, 0.2) is 24.3 Å². The summed E-state index contributed by atoms with van der Waals surface area (Å²) in [5.41, 5.74) is 8.96. The fourth-order valence-electron chi connectivity index (χ4n) is 3.58. The highest BCUT2D eigenvalue weighted by molar-refractivity contribution is 5.37. The zero-order valence-electron chi connectivity index (χ0n) is 11.8. The Labute approximate surface area is 116 Å². The summed E-state index contributed by atoms with van der Waals surface area (Å²) in [6, 6.07) is 9.78. The van der Waals surface area contributed by atoms with Crippen LogP contribution in [0, 0.1) is 0 Å². The van der Waals surface area contributed by atoms with Crippen molar-refractivity contribution in [3.05, 3.63) is 35.4 Å². The van der Waals surface area contributed by atoms with E-state index in [9.17, 15) is 0 Å². The molecule has 2 aliphatic rings. The molecule has 3 heteroatoms. The fraction of sp³-hybridized carbons (Fsp3) is 0.625. The van der Waals surface area contributed by atoms with E-state index in [2.05, 4.69) is 41.4 Å². The molecule has 1 aliphatic heterocycles. The van der Waals surface area contributed by atoms with Gasteiger partial charge in [0.05, 0.1) is 0 Å². The third kappa shape index (κ3) is 2.83. The number of nitrogens with one attached hydrogen (secondary N) is 1. The largest absolute Gasteiger partial charge is 0.324 e. The Hall–Kier alpha value is -0.900. The van der Waals surface area contributed by atoms with Crippen LogP contribution in [0.1, 0.15) is 49.4 Å². The first-order valence-electron chi connectivity index (χ1n) is 7.57. The average molecular weight is 259 g/mol. The number of fused-ring (bicyclic) bond motifs is 1. The van der Waals surface area contributed by atoms with Gasteiger partial charge in [0.25, 0.3) is 0 Å². The Morgan fingerprint density at radius 3 is 2.68 bits per heavy atom. The van der Waals surface area contributed by atoms with Crippen LogP contribution in [-0.4, -0.2) is 30.6 Å². The van der Waals surface area contributed by atoms with Crippen LogP contribution in [0.4, 0.5) is 0 Å². The number of benzene rings is 1. The Morgan fingerprint density at radius 2 is 1.95 bits per heavy atom. The zero-order chi connectivity index (χ0) is 13.2. The Kier molecular flexibility index (Phi) is 3.87. The van der Waals surface area contributed by atoms with Gasteiger partial charge in [0, 0.05) is 24.7 Å². The lowest BCUT2D eigenvalue weighted by Gasteiger charge is -2.25. The SMILES string of the molecule is CC(CN1CCCC1)NC1CC(N)c2ccccc21. The highest BCUT2D eigenvalue weighted by atomic mass is 15.2. The molecule has 0 spiro atoms. The van der Waals surface area contributed by atoms with Gasteiger partial charge in [-0.25, -0.2) is 0 Å². The highest BCUT2D eigenvalue weighted by Gasteiger charge is 2.29. The van der Waals surface area contributed by atoms with Gasteiger partial charge in [0.2, 0.25) is 0 Å². The van der Waals surface area contributed by atoms with E-state index in [1.165, 1.54) is 37.1 Å². The van der Waals surface area contributed by atoms with Crippen molar-refractivity contribution in [2.45, 2.75) is 44.3 Å². The van der Waals surface area contributed by atoms with Crippen molar-refractivity contribution in [1.29, 1.82) is 0 Å². The summed E-state index contributed by atoms with van der Waals surface area (Å²) < 4.78 is 0. The Balaban J connectivity index is 1.61. The van der Waals surface area contributed by atoms with Gasteiger partial charge in [-0.3, -0.25) is 0 Å². The molecule has 3 rings (SSSR count). The smallest absolute Gasteiger partial charge is 0.0344 e. The van der Waals surface area contributed by atoms with E-state index in [-0.39, 0.29) is 6.04 Å². The van der Waals surface area contributed by atoms with Crippen molar-refractivity contribution in [3.63, 3.8) is 0 Å². The third-order valence-electron chi connectivity index (χ3n) is 4.48. The summed E-state index contributed by atoms with van der Waals surface area (Å²) in [5, 5.41) is 3.77. The van der Waals surface area contributed by atoms with Gasteiger partial charge >= 0.3 is 0 Å². The average Bonchev–Trinajstić information content (AvgIpc) is 3.00. The van der Waals surface area contributed by atoms with Crippen LogP contribution >= 0.6 is 0 Å². The molecule has 3 nitrogen and oxygen atoms in total. The van der Waals surface area contributed by atoms with E-state index >= 15 is 0 Å². The Morgan fingerprint density at radius 1 is 1.26 bits per heavy atom. The quantitative estimate of drug-likeness (QED) is 0.871. The predicted molar refractivity (Wildman–Crippen MR) is 79.0 cm³/mol. The van der Waals surface area contributed by atoms with Gasteiger partial charge in [0.15, 0.2) is 0 Å². The van der Waals surface area contributed by atoms with Crippen molar-refractivity contribution < 1.29 is 0 Å². The number of nitrogens with two attached hydrogens (primary N) is 1. The molecule has 3 unspecified atom stereocenters. The van der Waals surface area contributed by atoms with Gasteiger partial charge in [-0.1, -0.05) is 24.3 Å². The summed E-state index contributed by atoms with van der Waals surface area (Å²) in [4.78, 5) is 2.57. The molecule has 1 aromatic rings. The number of rotatable bonds is 4. The van der Waals surface area contributed by atoms with E-state index in [1.54, 1.807) is 0 Å².